The molecule has 0 unspecified atom stereocenters. The van der Waals surface area contributed by atoms with E-state index in [4.69, 9.17) is 5.73 Å². The number of nitrogens with one attached hydrogen (secondary N) is 1. The molecule has 3 N–H and O–H groups in total. The molecule has 2 aromatic carbocycles. The first-order chi connectivity index (χ1) is 9.79. The minimum absolute atomic E-state index is 0.0885. The topological polar surface area (TPSA) is 116 Å². The molecule has 7 nitrogen and oxygen atoms in total. The molecule has 0 atom stereocenters. The number of primary amides is 1. The highest BCUT2D eigenvalue weighted by Gasteiger charge is 2.16. The van der Waals surface area contributed by atoms with Gasteiger partial charge in [0.05, 0.1) is 11.8 Å². The molecule has 110 valence electrons. The number of carbonyl (C=O) groups excluding carboxylic acids is 2. The van der Waals surface area contributed by atoms with E-state index in [1.165, 1.54) is 12.1 Å². The van der Waals surface area contributed by atoms with Crippen molar-refractivity contribution in [2.75, 3.05) is 6.26 Å². The second-order valence-electron chi connectivity index (χ2n) is 4.29. The molecule has 0 bridgehead atoms. The maximum Gasteiger partial charge on any atom is 0.285 e. The molecule has 0 aromatic heterocycles. The fourth-order valence-electron chi connectivity index (χ4n) is 1.90. The monoisotopic (exact) mass is 308 g/mol. The number of carbonyl (C=O) groups is 2. The first-order valence-corrected chi connectivity index (χ1v) is 7.61. The lowest BCUT2D eigenvalue weighted by Gasteiger charge is -2.09. The van der Waals surface area contributed by atoms with Crippen molar-refractivity contribution in [1.29, 1.82) is 0 Å². The molecule has 0 spiro atoms. The van der Waals surface area contributed by atoms with Gasteiger partial charge in [-0.1, -0.05) is 24.3 Å². The van der Waals surface area contributed by atoms with E-state index in [1.807, 2.05) is 5.48 Å². The Kier molecular flexibility index (Phi) is 3.92. The molecule has 21 heavy (non-hydrogen) atoms. The lowest BCUT2D eigenvalue weighted by Crippen LogP contribution is -2.27. The number of amides is 2. The average molecular weight is 308 g/mol. The van der Waals surface area contributed by atoms with E-state index in [1.54, 1.807) is 24.3 Å². The van der Waals surface area contributed by atoms with E-state index < -0.39 is 21.9 Å². The zero-order chi connectivity index (χ0) is 15.6. The maximum atomic E-state index is 12.0. The smallest absolute Gasteiger partial charge is 0.285 e. The second-order valence-corrected chi connectivity index (χ2v) is 5.87. The summed E-state index contributed by atoms with van der Waals surface area (Å²) < 4.78 is 26.0. The molecular formula is C13H12N2O5S. The van der Waals surface area contributed by atoms with Crippen LogP contribution in [0.15, 0.2) is 36.4 Å². The Morgan fingerprint density at radius 2 is 1.67 bits per heavy atom. The summed E-state index contributed by atoms with van der Waals surface area (Å²) in [4.78, 5) is 23.5. The first kappa shape index (κ1) is 14.9. The molecule has 0 aliphatic heterocycles. The molecule has 0 aliphatic carbocycles. The number of rotatable bonds is 4. The lowest BCUT2D eigenvalue weighted by atomic mass is 9.98. The number of hydrogen-bond donors (Lipinski definition) is 2. The molecule has 0 fully saturated rings. The fraction of sp³-hybridized carbons (Fsp3) is 0.0769. The number of hydrogen-bond acceptors (Lipinski definition) is 5. The van der Waals surface area contributed by atoms with Gasteiger partial charge in [0.2, 0.25) is 5.91 Å². The quantitative estimate of drug-likeness (QED) is 0.801. The van der Waals surface area contributed by atoms with Gasteiger partial charge in [-0.25, -0.2) is 5.48 Å². The maximum absolute atomic E-state index is 12.0. The SMILES string of the molecule is CS(=O)(=O)ONC(=O)c1cccc2cccc(C(N)=O)c12. The molecule has 0 heterocycles. The standard InChI is InChI=1S/C13H12N2O5S/c1-21(18,19)20-15-13(17)10-7-3-5-8-4-2-6-9(11(8)10)12(14)16/h2-7H,1H3,(H2,14,16)(H,15,17). The summed E-state index contributed by atoms with van der Waals surface area (Å²) in [6.45, 7) is 0. The van der Waals surface area contributed by atoms with Crippen molar-refractivity contribution in [1.82, 2.24) is 5.48 Å². The number of fused-ring (bicyclic) bond motifs is 1. The summed E-state index contributed by atoms with van der Waals surface area (Å²) in [5.74, 6) is -1.48. The minimum Gasteiger partial charge on any atom is -0.366 e. The third-order valence-corrected chi connectivity index (χ3v) is 3.09. The van der Waals surface area contributed by atoms with Gasteiger partial charge in [-0.3, -0.25) is 9.59 Å². The van der Waals surface area contributed by atoms with Crippen LogP contribution in [0, 0.1) is 0 Å². The van der Waals surface area contributed by atoms with Crippen LogP contribution in [-0.4, -0.2) is 26.5 Å². The molecular weight excluding hydrogens is 296 g/mol. The van der Waals surface area contributed by atoms with Gasteiger partial charge < -0.3 is 5.73 Å². The van der Waals surface area contributed by atoms with Crippen LogP contribution in [0.25, 0.3) is 10.8 Å². The summed E-state index contributed by atoms with van der Waals surface area (Å²) in [5.41, 5.74) is 7.37. The largest absolute Gasteiger partial charge is 0.366 e. The lowest BCUT2D eigenvalue weighted by molar-refractivity contribution is 0.0774. The summed E-state index contributed by atoms with van der Waals surface area (Å²) in [6, 6.07) is 9.57. The van der Waals surface area contributed by atoms with Crippen molar-refractivity contribution < 1.29 is 22.3 Å². The van der Waals surface area contributed by atoms with Crippen LogP contribution in [0.4, 0.5) is 0 Å². The van der Waals surface area contributed by atoms with Gasteiger partial charge in [0.15, 0.2) is 0 Å². The van der Waals surface area contributed by atoms with E-state index in [2.05, 4.69) is 4.28 Å². The van der Waals surface area contributed by atoms with E-state index in [-0.39, 0.29) is 11.1 Å². The Labute approximate surface area is 120 Å². The van der Waals surface area contributed by atoms with Gasteiger partial charge >= 0.3 is 0 Å². The fourth-order valence-corrected chi connectivity index (χ4v) is 2.13. The third-order valence-electron chi connectivity index (χ3n) is 2.70. The van der Waals surface area contributed by atoms with Crippen LogP contribution in [0.1, 0.15) is 20.7 Å². The van der Waals surface area contributed by atoms with Gasteiger partial charge in [-0.2, -0.15) is 8.42 Å². The Morgan fingerprint density at radius 3 is 2.19 bits per heavy atom. The molecule has 0 saturated heterocycles. The molecule has 2 aromatic rings. The van der Waals surface area contributed by atoms with Crippen LogP contribution in [0.3, 0.4) is 0 Å². The highest BCUT2D eigenvalue weighted by Crippen LogP contribution is 2.23. The number of hydroxylamine groups is 1. The van der Waals surface area contributed by atoms with Gasteiger partial charge in [-0.15, -0.1) is 4.28 Å². The van der Waals surface area contributed by atoms with Crippen molar-refractivity contribution in [3.05, 3.63) is 47.5 Å². The van der Waals surface area contributed by atoms with Gasteiger partial charge in [0.25, 0.3) is 16.0 Å². The molecule has 0 aliphatic rings. The zero-order valence-corrected chi connectivity index (χ0v) is 11.8. The molecule has 2 amide bonds. The van der Waals surface area contributed by atoms with Gasteiger partial charge in [0, 0.05) is 10.9 Å². The normalized spacial score (nSPS) is 11.3. The van der Waals surface area contributed by atoms with Crippen molar-refractivity contribution in [2.45, 2.75) is 0 Å². The summed E-state index contributed by atoms with van der Waals surface area (Å²) in [7, 11) is -3.83. The van der Waals surface area contributed by atoms with Crippen LogP contribution >= 0.6 is 0 Å². The van der Waals surface area contributed by atoms with Crippen molar-refractivity contribution >= 4 is 32.7 Å². The predicted octanol–water partition coefficient (Wildman–Crippen LogP) is 0.560. The zero-order valence-electron chi connectivity index (χ0n) is 11.0. The summed E-state index contributed by atoms with van der Waals surface area (Å²) in [5, 5.41) is 0.959. The predicted molar refractivity (Wildman–Crippen MR) is 75.9 cm³/mol. The first-order valence-electron chi connectivity index (χ1n) is 5.80. The molecule has 8 heteroatoms. The Morgan fingerprint density at radius 1 is 1.10 bits per heavy atom. The highest BCUT2D eigenvalue weighted by molar-refractivity contribution is 7.85. The van der Waals surface area contributed by atoms with Gasteiger partial charge in [0.1, 0.15) is 0 Å². The molecule has 2 rings (SSSR count). The Hall–Kier alpha value is -2.45. The minimum atomic E-state index is -3.83. The van der Waals surface area contributed by atoms with Crippen molar-refractivity contribution in [3.63, 3.8) is 0 Å². The second kappa shape index (κ2) is 5.51. The van der Waals surface area contributed by atoms with E-state index in [0.29, 0.717) is 10.8 Å². The molecule has 0 saturated carbocycles. The van der Waals surface area contributed by atoms with E-state index in [9.17, 15) is 18.0 Å². The van der Waals surface area contributed by atoms with Crippen molar-refractivity contribution in [3.8, 4) is 0 Å². The van der Waals surface area contributed by atoms with E-state index >= 15 is 0 Å². The number of nitrogens with two attached hydrogens (primary N) is 1. The highest BCUT2D eigenvalue weighted by atomic mass is 32.2. The van der Waals surface area contributed by atoms with E-state index in [0.717, 1.165) is 6.26 Å². The third kappa shape index (κ3) is 3.36. The van der Waals surface area contributed by atoms with Crippen LogP contribution in [0.5, 0.6) is 0 Å². The van der Waals surface area contributed by atoms with Crippen LogP contribution in [-0.2, 0) is 14.4 Å². The molecule has 0 radical (unpaired) electrons. The van der Waals surface area contributed by atoms with Crippen LogP contribution in [0.2, 0.25) is 0 Å². The Bertz CT molecular complexity index is 824. The van der Waals surface area contributed by atoms with Crippen LogP contribution < -0.4 is 11.2 Å². The van der Waals surface area contributed by atoms with Crippen molar-refractivity contribution in [2.24, 2.45) is 5.73 Å². The van der Waals surface area contributed by atoms with Gasteiger partial charge in [-0.05, 0) is 17.5 Å². The number of benzene rings is 2. The summed E-state index contributed by atoms with van der Waals surface area (Å²) in [6.07, 6.45) is 0.797. The summed E-state index contributed by atoms with van der Waals surface area (Å²) >= 11 is 0. The average Bonchev–Trinajstić information content (AvgIpc) is 2.42. The Balaban J connectivity index is 2.53.